The molecule has 0 bridgehead atoms. The van der Waals surface area contributed by atoms with Crippen LogP contribution in [0, 0.1) is 12.8 Å². The zero-order valence-electron chi connectivity index (χ0n) is 10.5. The van der Waals surface area contributed by atoms with Gasteiger partial charge in [0.1, 0.15) is 5.75 Å². The molecule has 4 heteroatoms. The van der Waals surface area contributed by atoms with Gasteiger partial charge in [-0.25, -0.2) is 0 Å². The normalized spacial score (nSPS) is 16.3. The lowest BCUT2D eigenvalue weighted by atomic mass is 10.1. The summed E-state index contributed by atoms with van der Waals surface area (Å²) >= 11 is 0. The summed E-state index contributed by atoms with van der Waals surface area (Å²) in [6.07, 6.45) is 2.82. The fourth-order valence-electron chi connectivity index (χ4n) is 2.21. The van der Waals surface area contributed by atoms with E-state index in [1.165, 1.54) is 6.07 Å². The number of nitrogens with one attached hydrogen (secondary N) is 1. The Bertz CT molecular complexity index is 420. The number of carbonyl (C=O) groups is 1. The first kappa shape index (κ1) is 12.9. The zero-order valence-corrected chi connectivity index (χ0v) is 10.5. The van der Waals surface area contributed by atoms with Crippen LogP contribution >= 0.6 is 0 Å². The Morgan fingerprint density at radius 2 is 2.17 bits per heavy atom. The quantitative estimate of drug-likeness (QED) is 0.742. The van der Waals surface area contributed by atoms with Crippen molar-refractivity contribution in [2.75, 3.05) is 6.61 Å². The molecule has 1 fully saturated rings. The SMILES string of the molecule is Cc1cc(O)cc(C(=O)NC(CCO)C2CC2)c1. The van der Waals surface area contributed by atoms with E-state index in [0.29, 0.717) is 17.9 Å². The van der Waals surface area contributed by atoms with Crippen molar-refractivity contribution in [3.8, 4) is 5.75 Å². The van der Waals surface area contributed by atoms with Gasteiger partial charge in [0.2, 0.25) is 0 Å². The first-order valence-electron chi connectivity index (χ1n) is 6.32. The van der Waals surface area contributed by atoms with Gasteiger partial charge in [-0.1, -0.05) is 0 Å². The maximum atomic E-state index is 12.1. The van der Waals surface area contributed by atoms with Gasteiger partial charge in [-0.05, 0) is 55.9 Å². The number of phenols is 1. The number of carbonyl (C=O) groups excluding carboxylic acids is 1. The highest BCUT2D eigenvalue weighted by molar-refractivity contribution is 5.95. The summed E-state index contributed by atoms with van der Waals surface area (Å²) in [5.74, 6) is 0.420. The van der Waals surface area contributed by atoms with Crippen LogP contribution < -0.4 is 5.32 Å². The Hall–Kier alpha value is -1.55. The molecular formula is C14H19NO3. The fourth-order valence-corrected chi connectivity index (χ4v) is 2.21. The lowest BCUT2D eigenvalue weighted by Crippen LogP contribution is -2.37. The molecule has 2 rings (SSSR count). The number of hydrogen-bond donors (Lipinski definition) is 3. The molecule has 0 aliphatic heterocycles. The van der Waals surface area contributed by atoms with Crippen LogP contribution in [0.3, 0.4) is 0 Å². The van der Waals surface area contributed by atoms with Gasteiger partial charge >= 0.3 is 0 Å². The number of amides is 1. The molecule has 98 valence electrons. The highest BCUT2D eigenvalue weighted by Crippen LogP contribution is 2.34. The number of aliphatic hydroxyl groups is 1. The van der Waals surface area contributed by atoms with E-state index in [1.807, 2.05) is 6.92 Å². The zero-order chi connectivity index (χ0) is 13.1. The molecule has 4 nitrogen and oxygen atoms in total. The molecular weight excluding hydrogens is 230 g/mol. The van der Waals surface area contributed by atoms with Gasteiger partial charge in [-0.3, -0.25) is 4.79 Å². The predicted molar refractivity (Wildman–Crippen MR) is 68.5 cm³/mol. The average Bonchev–Trinajstić information content (AvgIpc) is 3.10. The van der Waals surface area contributed by atoms with Crippen molar-refractivity contribution in [2.45, 2.75) is 32.2 Å². The molecule has 3 N–H and O–H groups in total. The van der Waals surface area contributed by atoms with E-state index in [-0.39, 0.29) is 24.3 Å². The Labute approximate surface area is 107 Å². The van der Waals surface area contributed by atoms with Crippen LogP contribution in [0.15, 0.2) is 18.2 Å². The molecule has 1 unspecified atom stereocenters. The summed E-state index contributed by atoms with van der Waals surface area (Å²) in [5, 5.41) is 21.4. The van der Waals surface area contributed by atoms with Crippen molar-refractivity contribution in [2.24, 2.45) is 5.92 Å². The second kappa shape index (κ2) is 5.40. The molecule has 1 aromatic rings. The predicted octanol–water partition coefficient (Wildman–Crippen LogP) is 1.59. The molecule has 0 spiro atoms. The minimum absolute atomic E-state index is 0.0464. The maximum Gasteiger partial charge on any atom is 0.251 e. The van der Waals surface area contributed by atoms with Crippen LogP contribution in [0.25, 0.3) is 0 Å². The monoisotopic (exact) mass is 249 g/mol. The van der Waals surface area contributed by atoms with Gasteiger partial charge in [0.05, 0.1) is 0 Å². The summed E-state index contributed by atoms with van der Waals surface area (Å²) in [6.45, 7) is 1.92. The van der Waals surface area contributed by atoms with Gasteiger partial charge in [0.25, 0.3) is 5.91 Å². The van der Waals surface area contributed by atoms with Gasteiger partial charge in [-0.2, -0.15) is 0 Å². The third kappa shape index (κ3) is 3.23. The minimum atomic E-state index is -0.181. The fraction of sp³-hybridized carbons (Fsp3) is 0.500. The Balaban J connectivity index is 2.05. The molecule has 1 aliphatic rings. The van der Waals surface area contributed by atoms with Crippen LogP contribution in [0.1, 0.15) is 35.2 Å². The number of phenolic OH excluding ortho intramolecular Hbond substituents is 1. The van der Waals surface area contributed by atoms with E-state index >= 15 is 0 Å². The number of hydrogen-bond acceptors (Lipinski definition) is 3. The molecule has 0 radical (unpaired) electrons. The van der Waals surface area contributed by atoms with Crippen LogP contribution in [0.4, 0.5) is 0 Å². The molecule has 1 aliphatic carbocycles. The van der Waals surface area contributed by atoms with Gasteiger partial charge in [-0.15, -0.1) is 0 Å². The second-order valence-corrected chi connectivity index (χ2v) is 4.99. The van der Waals surface area contributed by atoms with Crippen molar-refractivity contribution >= 4 is 5.91 Å². The number of aryl methyl sites for hydroxylation is 1. The average molecular weight is 249 g/mol. The molecule has 0 saturated heterocycles. The number of aromatic hydroxyl groups is 1. The van der Waals surface area contributed by atoms with Gasteiger partial charge < -0.3 is 15.5 Å². The van der Waals surface area contributed by atoms with Crippen molar-refractivity contribution in [1.29, 1.82) is 0 Å². The van der Waals surface area contributed by atoms with Crippen molar-refractivity contribution < 1.29 is 15.0 Å². The summed E-state index contributed by atoms with van der Waals surface area (Å²) in [7, 11) is 0. The van der Waals surface area contributed by atoms with E-state index in [0.717, 1.165) is 18.4 Å². The molecule has 1 atom stereocenters. The van der Waals surface area contributed by atoms with Crippen molar-refractivity contribution in [3.63, 3.8) is 0 Å². The third-order valence-electron chi connectivity index (χ3n) is 3.27. The highest BCUT2D eigenvalue weighted by atomic mass is 16.3. The Morgan fingerprint density at radius 3 is 2.72 bits per heavy atom. The number of aliphatic hydroxyl groups excluding tert-OH is 1. The van der Waals surface area contributed by atoms with Crippen LogP contribution in [-0.4, -0.2) is 28.8 Å². The third-order valence-corrected chi connectivity index (χ3v) is 3.27. The highest BCUT2D eigenvalue weighted by Gasteiger charge is 2.31. The standard InChI is InChI=1S/C14H19NO3/c1-9-6-11(8-12(17)7-9)14(18)15-13(4-5-16)10-2-3-10/h6-8,10,13,16-17H,2-5H2,1H3,(H,15,18). The van der Waals surface area contributed by atoms with Crippen molar-refractivity contribution in [3.05, 3.63) is 29.3 Å². The number of benzene rings is 1. The van der Waals surface area contributed by atoms with Crippen molar-refractivity contribution in [1.82, 2.24) is 5.32 Å². The Kier molecular flexibility index (Phi) is 3.87. The lowest BCUT2D eigenvalue weighted by Gasteiger charge is -2.17. The number of rotatable bonds is 5. The molecule has 0 aromatic heterocycles. The largest absolute Gasteiger partial charge is 0.508 e. The van der Waals surface area contributed by atoms with E-state index in [2.05, 4.69) is 5.32 Å². The first-order valence-corrected chi connectivity index (χ1v) is 6.32. The van der Waals surface area contributed by atoms with Crippen LogP contribution in [-0.2, 0) is 0 Å². The van der Waals surface area contributed by atoms with E-state index < -0.39 is 0 Å². The molecule has 1 amide bonds. The van der Waals surface area contributed by atoms with Gasteiger partial charge in [0, 0.05) is 18.2 Å². The summed E-state index contributed by atoms with van der Waals surface area (Å²) < 4.78 is 0. The lowest BCUT2D eigenvalue weighted by molar-refractivity contribution is 0.0924. The molecule has 18 heavy (non-hydrogen) atoms. The van der Waals surface area contributed by atoms with E-state index in [1.54, 1.807) is 12.1 Å². The first-order chi connectivity index (χ1) is 8.60. The summed E-state index contributed by atoms with van der Waals surface area (Å²) in [6, 6.07) is 4.87. The smallest absolute Gasteiger partial charge is 0.251 e. The maximum absolute atomic E-state index is 12.1. The summed E-state index contributed by atoms with van der Waals surface area (Å²) in [4.78, 5) is 12.1. The van der Waals surface area contributed by atoms with Crippen LogP contribution in [0.5, 0.6) is 5.75 Å². The molecule has 0 heterocycles. The van der Waals surface area contributed by atoms with E-state index in [4.69, 9.17) is 5.11 Å². The Morgan fingerprint density at radius 1 is 1.44 bits per heavy atom. The topological polar surface area (TPSA) is 69.6 Å². The van der Waals surface area contributed by atoms with E-state index in [9.17, 15) is 9.90 Å². The second-order valence-electron chi connectivity index (χ2n) is 4.99. The minimum Gasteiger partial charge on any atom is -0.508 e. The van der Waals surface area contributed by atoms with Gasteiger partial charge in [0.15, 0.2) is 0 Å². The summed E-state index contributed by atoms with van der Waals surface area (Å²) in [5.41, 5.74) is 1.32. The molecule has 1 saturated carbocycles. The van der Waals surface area contributed by atoms with Crippen LogP contribution in [0.2, 0.25) is 0 Å². The molecule has 1 aromatic carbocycles.